The summed E-state index contributed by atoms with van der Waals surface area (Å²) in [7, 11) is 0. The molecule has 27 heavy (non-hydrogen) atoms. The molecule has 2 fully saturated rings. The summed E-state index contributed by atoms with van der Waals surface area (Å²) in [6, 6.07) is 6.10. The highest BCUT2D eigenvalue weighted by molar-refractivity contribution is 5.77. The molecule has 2 aromatic heterocycles. The van der Waals surface area contributed by atoms with Crippen LogP contribution in [0.1, 0.15) is 42.8 Å². The smallest absolute Gasteiger partial charge is 0.222 e. The van der Waals surface area contributed by atoms with Crippen molar-refractivity contribution in [1.82, 2.24) is 24.8 Å². The molecule has 0 aromatic carbocycles. The first-order chi connectivity index (χ1) is 13.1. The van der Waals surface area contributed by atoms with Crippen molar-refractivity contribution in [3.63, 3.8) is 0 Å². The quantitative estimate of drug-likeness (QED) is 0.833. The van der Waals surface area contributed by atoms with E-state index in [0.29, 0.717) is 13.0 Å². The molecule has 0 unspecified atom stereocenters. The van der Waals surface area contributed by atoms with Crippen LogP contribution in [-0.2, 0) is 17.9 Å². The molecule has 6 heteroatoms. The van der Waals surface area contributed by atoms with Gasteiger partial charge in [-0.1, -0.05) is 6.07 Å². The van der Waals surface area contributed by atoms with E-state index in [1.807, 2.05) is 30.2 Å². The van der Waals surface area contributed by atoms with Crippen LogP contribution in [0.5, 0.6) is 0 Å². The predicted octanol–water partition coefficient (Wildman–Crippen LogP) is 2.58. The van der Waals surface area contributed by atoms with E-state index in [-0.39, 0.29) is 11.3 Å². The molecular formula is C21H27N5O. The van der Waals surface area contributed by atoms with Gasteiger partial charge in [0.2, 0.25) is 5.91 Å². The third-order valence-electron chi connectivity index (χ3n) is 5.79. The lowest BCUT2D eigenvalue weighted by molar-refractivity contribution is -0.140. The summed E-state index contributed by atoms with van der Waals surface area (Å²) in [6.07, 6.45) is 9.41. The molecule has 1 spiro atoms. The molecule has 2 aliphatic heterocycles. The number of pyridine rings is 1. The first-order valence-electron chi connectivity index (χ1n) is 9.80. The van der Waals surface area contributed by atoms with Gasteiger partial charge in [-0.2, -0.15) is 0 Å². The second kappa shape index (κ2) is 7.72. The molecule has 0 aliphatic carbocycles. The van der Waals surface area contributed by atoms with E-state index in [1.54, 1.807) is 12.4 Å². The molecule has 1 amide bonds. The summed E-state index contributed by atoms with van der Waals surface area (Å²) < 4.78 is 0. The molecule has 1 atom stereocenters. The lowest BCUT2D eigenvalue weighted by Gasteiger charge is -2.48. The highest BCUT2D eigenvalue weighted by Crippen LogP contribution is 2.39. The minimum atomic E-state index is 0.194. The Hall–Kier alpha value is -2.34. The van der Waals surface area contributed by atoms with Crippen LogP contribution >= 0.6 is 0 Å². The lowest BCUT2D eigenvalue weighted by atomic mass is 9.73. The van der Waals surface area contributed by atoms with Crippen LogP contribution in [0, 0.1) is 12.3 Å². The van der Waals surface area contributed by atoms with Gasteiger partial charge in [-0.05, 0) is 44.9 Å². The summed E-state index contributed by atoms with van der Waals surface area (Å²) in [5.41, 5.74) is 3.08. The highest BCUT2D eigenvalue weighted by atomic mass is 16.2. The van der Waals surface area contributed by atoms with E-state index in [4.69, 9.17) is 0 Å². The summed E-state index contributed by atoms with van der Waals surface area (Å²) in [4.78, 5) is 30.2. The molecule has 0 N–H and O–H groups in total. The number of nitrogens with zero attached hydrogens (tertiary/aromatic N) is 5. The van der Waals surface area contributed by atoms with E-state index in [1.165, 1.54) is 12.8 Å². The number of rotatable bonds is 4. The van der Waals surface area contributed by atoms with Gasteiger partial charge in [0.25, 0.3) is 0 Å². The average Bonchev–Trinajstić information content (AvgIpc) is 2.68. The minimum absolute atomic E-state index is 0.194. The van der Waals surface area contributed by atoms with Crippen LogP contribution in [0.3, 0.4) is 0 Å². The van der Waals surface area contributed by atoms with Crippen molar-refractivity contribution in [3.8, 4) is 0 Å². The van der Waals surface area contributed by atoms with Gasteiger partial charge < -0.3 is 4.90 Å². The number of likely N-dealkylation sites (tertiary alicyclic amines) is 2. The first-order valence-corrected chi connectivity index (χ1v) is 9.80. The molecule has 4 rings (SSSR count). The van der Waals surface area contributed by atoms with Gasteiger partial charge >= 0.3 is 0 Å². The summed E-state index contributed by atoms with van der Waals surface area (Å²) >= 11 is 0. The third kappa shape index (κ3) is 4.33. The Morgan fingerprint density at radius 2 is 1.96 bits per heavy atom. The largest absolute Gasteiger partial charge is 0.336 e. The predicted molar refractivity (Wildman–Crippen MR) is 103 cm³/mol. The van der Waals surface area contributed by atoms with Crippen LogP contribution in [0.4, 0.5) is 0 Å². The van der Waals surface area contributed by atoms with Crippen LogP contribution in [0.15, 0.2) is 36.8 Å². The zero-order valence-electron chi connectivity index (χ0n) is 16.0. The van der Waals surface area contributed by atoms with Gasteiger partial charge in [-0.15, -0.1) is 0 Å². The zero-order valence-corrected chi connectivity index (χ0v) is 16.0. The van der Waals surface area contributed by atoms with Crippen molar-refractivity contribution in [2.45, 2.75) is 45.7 Å². The fourth-order valence-electron chi connectivity index (χ4n) is 4.44. The number of carbonyl (C=O) groups excluding carboxylic acids is 1. The number of hydrogen-bond acceptors (Lipinski definition) is 5. The Morgan fingerprint density at radius 1 is 1.04 bits per heavy atom. The van der Waals surface area contributed by atoms with Crippen molar-refractivity contribution in [2.75, 3.05) is 19.6 Å². The Kier molecular flexibility index (Phi) is 5.16. The zero-order chi connectivity index (χ0) is 18.7. The summed E-state index contributed by atoms with van der Waals surface area (Å²) in [5, 5.41) is 0. The lowest BCUT2D eigenvalue weighted by Crippen LogP contribution is -2.53. The van der Waals surface area contributed by atoms with Crippen LogP contribution in [-0.4, -0.2) is 50.3 Å². The highest BCUT2D eigenvalue weighted by Gasteiger charge is 2.41. The molecule has 2 aromatic rings. The molecule has 0 bridgehead atoms. The van der Waals surface area contributed by atoms with E-state index >= 15 is 0 Å². The number of amides is 1. The fourth-order valence-corrected chi connectivity index (χ4v) is 4.44. The average molecular weight is 365 g/mol. The molecule has 6 nitrogen and oxygen atoms in total. The number of aromatic nitrogens is 3. The number of piperidine rings is 2. The molecule has 2 saturated heterocycles. The minimum Gasteiger partial charge on any atom is -0.336 e. The molecule has 0 saturated carbocycles. The maximum absolute atomic E-state index is 12.5. The van der Waals surface area contributed by atoms with Crippen LogP contribution < -0.4 is 0 Å². The van der Waals surface area contributed by atoms with Gasteiger partial charge in [0.15, 0.2) is 0 Å². The number of aryl methyl sites for hydroxylation is 1. The van der Waals surface area contributed by atoms with Crippen molar-refractivity contribution in [2.24, 2.45) is 5.41 Å². The summed E-state index contributed by atoms with van der Waals surface area (Å²) in [6.45, 7) is 6.34. The Labute approximate surface area is 160 Å². The van der Waals surface area contributed by atoms with Gasteiger partial charge in [-0.25, -0.2) is 0 Å². The van der Waals surface area contributed by atoms with E-state index in [2.05, 4.69) is 25.9 Å². The van der Waals surface area contributed by atoms with Crippen molar-refractivity contribution in [3.05, 3.63) is 53.9 Å². The maximum Gasteiger partial charge on any atom is 0.222 e. The number of carbonyl (C=O) groups is 1. The number of hydrogen-bond donors (Lipinski definition) is 0. The van der Waals surface area contributed by atoms with Crippen molar-refractivity contribution < 1.29 is 4.79 Å². The first kappa shape index (κ1) is 18.0. The standard InChI is InChI=1S/C21H27N5O/c1-17-11-24-19(12-23-17)14-26-16-21(8-6-20(26)27)7-4-10-25(15-21)13-18-5-2-3-9-22-18/h2-3,5,9,11-12H,4,6-8,10,13-16H2,1H3/t21-/m0/s1. The normalized spacial score (nSPS) is 23.7. The molecule has 4 heterocycles. The van der Waals surface area contributed by atoms with E-state index in [9.17, 15) is 4.79 Å². The van der Waals surface area contributed by atoms with Gasteiger partial charge in [-0.3, -0.25) is 24.6 Å². The topological polar surface area (TPSA) is 62.2 Å². The SMILES string of the molecule is Cc1cnc(CN2C[C@@]3(CCCN(Cc4ccccn4)C3)CCC2=O)cn1. The van der Waals surface area contributed by atoms with Gasteiger partial charge in [0, 0.05) is 43.9 Å². The van der Waals surface area contributed by atoms with Crippen molar-refractivity contribution in [1.29, 1.82) is 0 Å². The Bertz CT molecular complexity index is 779. The molecule has 2 aliphatic rings. The Morgan fingerprint density at radius 3 is 2.74 bits per heavy atom. The van der Waals surface area contributed by atoms with Crippen LogP contribution in [0.2, 0.25) is 0 Å². The Balaban J connectivity index is 1.43. The second-order valence-corrected chi connectivity index (χ2v) is 8.03. The fraction of sp³-hybridized carbons (Fsp3) is 0.524. The monoisotopic (exact) mass is 365 g/mol. The summed E-state index contributed by atoms with van der Waals surface area (Å²) in [5.74, 6) is 0.241. The molecule has 0 radical (unpaired) electrons. The second-order valence-electron chi connectivity index (χ2n) is 8.03. The maximum atomic E-state index is 12.5. The van der Waals surface area contributed by atoms with Gasteiger partial charge in [0.1, 0.15) is 0 Å². The van der Waals surface area contributed by atoms with Gasteiger partial charge in [0.05, 0.1) is 29.8 Å². The molecule has 142 valence electrons. The van der Waals surface area contributed by atoms with E-state index < -0.39 is 0 Å². The van der Waals surface area contributed by atoms with Crippen molar-refractivity contribution >= 4 is 5.91 Å². The third-order valence-corrected chi connectivity index (χ3v) is 5.79. The van der Waals surface area contributed by atoms with Crippen LogP contribution in [0.25, 0.3) is 0 Å². The van der Waals surface area contributed by atoms with E-state index in [0.717, 1.165) is 49.7 Å². The molecular weight excluding hydrogens is 338 g/mol.